The van der Waals surface area contributed by atoms with E-state index in [0.717, 1.165) is 12.8 Å². The van der Waals surface area contributed by atoms with Crippen LogP contribution in [0.1, 0.15) is 51.2 Å². The summed E-state index contributed by atoms with van der Waals surface area (Å²) in [7, 11) is 0. The standard InChI is InChI=1S/C17H27NO/c1-6-14(16(19)8-3)15(7-2)18-17-12(4)10-9-11-13(17)5/h9-11,14-15,18H,6-8H2,1-5H3. The molecule has 1 N–H and O–H groups in total. The molecule has 0 saturated heterocycles. The Morgan fingerprint density at radius 2 is 1.68 bits per heavy atom. The van der Waals surface area contributed by atoms with E-state index in [-0.39, 0.29) is 12.0 Å². The number of anilines is 1. The van der Waals surface area contributed by atoms with Crippen LogP contribution in [0.2, 0.25) is 0 Å². The first-order valence-electron chi connectivity index (χ1n) is 7.40. The fourth-order valence-corrected chi connectivity index (χ4v) is 2.71. The Kier molecular flexibility index (Phi) is 6.07. The van der Waals surface area contributed by atoms with E-state index in [1.807, 2.05) is 6.92 Å². The molecule has 2 atom stereocenters. The van der Waals surface area contributed by atoms with Crippen molar-refractivity contribution in [1.29, 1.82) is 0 Å². The molecule has 1 aromatic rings. The van der Waals surface area contributed by atoms with E-state index in [1.54, 1.807) is 0 Å². The second-order valence-electron chi connectivity index (χ2n) is 5.26. The summed E-state index contributed by atoms with van der Waals surface area (Å²) in [5.74, 6) is 0.488. The Bertz CT molecular complexity index is 405. The van der Waals surface area contributed by atoms with E-state index < -0.39 is 0 Å². The highest BCUT2D eigenvalue weighted by Crippen LogP contribution is 2.25. The number of Topliss-reactive ketones (excluding diaryl/α,β-unsaturated/α-hetero) is 1. The molecule has 0 fully saturated rings. The highest BCUT2D eigenvalue weighted by atomic mass is 16.1. The topological polar surface area (TPSA) is 29.1 Å². The molecule has 1 rings (SSSR count). The van der Waals surface area contributed by atoms with Gasteiger partial charge in [0, 0.05) is 24.1 Å². The van der Waals surface area contributed by atoms with Crippen LogP contribution in [0, 0.1) is 19.8 Å². The smallest absolute Gasteiger partial charge is 0.137 e. The molecular weight excluding hydrogens is 234 g/mol. The number of para-hydroxylation sites is 1. The number of ketones is 1. The van der Waals surface area contributed by atoms with Crippen molar-refractivity contribution >= 4 is 11.5 Å². The van der Waals surface area contributed by atoms with Crippen LogP contribution in [-0.4, -0.2) is 11.8 Å². The maximum atomic E-state index is 12.1. The number of carbonyl (C=O) groups excluding carboxylic acids is 1. The van der Waals surface area contributed by atoms with Gasteiger partial charge in [0.05, 0.1) is 0 Å². The molecule has 0 heterocycles. The van der Waals surface area contributed by atoms with Gasteiger partial charge < -0.3 is 5.32 Å². The number of rotatable bonds is 7. The summed E-state index contributed by atoms with van der Waals surface area (Å²) < 4.78 is 0. The van der Waals surface area contributed by atoms with Gasteiger partial charge in [-0.25, -0.2) is 0 Å². The van der Waals surface area contributed by atoms with Crippen molar-refractivity contribution in [2.24, 2.45) is 5.92 Å². The average molecular weight is 261 g/mol. The highest BCUT2D eigenvalue weighted by Gasteiger charge is 2.24. The van der Waals surface area contributed by atoms with Crippen molar-refractivity contribution < 1.29 is 4.79 Å². The van der Waals surface area contributed by atoms with Crippen LogP contribution in [0.25, 0.3) is 0 Å². The first-order chi connectivity index (χ1) is 9.04. The number of benzene rings is 1. The Hall–Kier alpha value is -1.31. The number of aryl methyl sites for hydroxylation is 2. The zero-order valence-electron chi connectivity index (χ0n) is 12.9. The minimum absolute atomic E-state index is 0.119. The molecule has 0 saturated carbocycles. The molecule has 2 nitrogen and oxygen atoms in total. The van der Waals surface area contributed by atoms with E-state index in [2.05, 4.69) is 51.2 Å². The lowest BCUT2D eigenvalue weighted by atomic mass is 9.89. The van der Waals surface area contributed by atoms with Gasteiger partial charge in [0.2, 0.25) is 0 Å². The molecule has 0 aromatic heterocycles. The zero-order chi connectivity index (χ0) is 14.4. The fourth-order valence-electron chi connectivity index (χ4n) is 2.71. The minimum atomic E-state index is 0.119. The normalized spacial score (nSPS) is 13.9. The second kappa shape index (κ2) is 7.32. The van der Waals surface area contributed by atoms with Crippen LogP contribution < -0.4 is 5.32 Å². The third-order valence-electron chi connectivity index (χ3n) is 3.94. The van der Waals surface area contributed by atoms with Gasteiger partial charge in [-0.05, 0) is 37.8 Å². The average Bonchev–Trinajstić information content (AvgIpc) is 2.41. The van der Waals surface area contributed by atoms with Gasteiger partial charge in [-0.3, -0.25) is 4.79 Å². The second-order valence-corrected chi connectivity index (χ2v) is 5.26. The Morgan fingerprint density at radius 3 is 2.11 bits per heavy atom. The van der Waals surface area contributed by atoms with Gasteiger partial charge in [-0.1, -0.05) is 39.0 Å². The summed E-state index contributed by atoms with van der Waals surface area (Å²) >= 11 is 0. The van der Waals surface area contributed by atoms with Crippen molar-refractivity contribution in [3.8, 4) is 0 Å². The first kappa shape index (κ1) is 15.7. The molecule has 0 aliphatic carbocycles. The maximum absolute atomic E-state index is 12.1. The van der Waals surface area contributed by atoms with Crippen LogP contribution >= 0.6 is 0 Å². The molecule has 19 heavy (non-hydrogen) atoms. The summed E-state index contributed by atoms with van der Waals surface area (Å²) in [5, 5.41) is 3.61. The molecule has 0 amide bonds. The minimum Gasteiger partial charge on any atom is -0.381 e. The number of hydrogen-bond acceptors (Lipinski definition) is 2. The van der Waals surface area contributed by atoms with Crippen molar-refractivity contribution in [2.75, 3.05) is 5.32 Å². The molecule has 1 aromatic carbocycles. The van der Waals surface area contributed by atoms with Crippen LogP contribution in [0.3, 0.4) is 0 Å². The van der Waals surface area contributed by atoms with Crippen molar-refractivity contribution in [3.05, 3.63) is 29.3 Å². The molecule has 0 aliphatic heterocycles. The van der Waals surface area contributed by atoms with Gasteiger partial charge in [-0.15, -0.1) is 0 Å². The van der Waals surface area contributed by atoms with Crippen LogP contribution in [0.4, 0.5) is 5.69 Å². The first-order valence-corrected chi connectivity index (χ1v) is 7.40. The van der Waals surface area contributed by atoms with E-state index in [0.29, 0.717) is 12.2 Å². The molecule has 2 heteroatoms. The highest BCUT2D eigenvalue weighted by molar-refractivity contribution is 5.82. The SMILES string of the molecule is CCC(=O)C(CC)C(CC)Nc1c(C)cccc1C. The predicted molar refractivity (Wildman–Crippen MR) is 82.7 cm³/mol. The predicted octanol–water partition coefficient (Wildman–Crippen LogP) is 4.50. The summed E-state index contributed by atoms with van der Waals surface area (Å²) in [5.41, 5.74) is 3.69. The van der Waals surface area contributed by atoms with Gasteiger partial charge >= 0.3 is 0 Å². The lowest BCUT2D eigenvalue weighted by molar-refractivity contribution is -0.123. The summed E-state index contributed by atoms with van der Waals surface area (Å²) in [6.45, 7) is 10.4. The molecular formula is C17H27NO. The van der Waals surface area contributed by atoms with Crippen molar-refractivity contribution in [2.45, 2.75) is 59.9 Å². The molecule has 0 aliphatic rings. The quantitative estimate of drug-likeness (QED) is 0.783. The number of carbonyl (C=O) groups is 1. The summed E-state index contributed by atoms with van der Waals surface area (Å²) in [6, 6.07) is 6.54. The summed E-state index contributed by atoms with van der Waals surface area (Å²) in [6.07, 6.45) is 2.50. The van der Waals surface area contributed by atoms with Crippen molar-refractivity contribution in [3.63, 3.8) is 0 Å². The largest absolute Gasteiger partial charge is 0.381 e. The van der Waals surface area contributed by atoms with Crippen LogP contribution in [0.15, 0.2) is 18.2 Å². The molecule has 106 valence electrons. The van der Waals surface area contributed by atoms with E-state index in [9.17, 15) is 4.79 Å². The van der Waals surface area contributed by atoms with Gasteiger partial charge in [-0.2, -0.15) is 0 Å². The van der Waals surface area contributed by atoms with Crippen LogP contribution in [0.5, 0.6) is 0 Å². The van der Waals surface area contributed by atoms with Crippen LogP contribution in [-0.2, 0) is 4.79 Å². The molecule has 0 radical (unpaired) electrons. The zero-order valence-corrected chi connectivity index (χ0v) is 12.9. The lowest BCUT2D eigenvalue weighted by Crippen LogP contribution is -2.34. The summed E-state index contributed by atoms with van der Waals surface area (Å²) in [4.78, 5) is 12.1. The monoisotopic (exact) mass is 261 g/mol. The molecule has 2 unspecified atom stereocenters. The number of hydrogen-bond donors (Lipinski definition) is 1. The van der Waals surface area contributed by atoms with E-state index in [1.165, 1.54) is 16.8 Å². The Balaban J connectivity index is 2.95. The van der Waals surface area contributed by atoms with E-state index in [4.69, 9.17) is 0 Å². The van der Waals surface area contributed by atoms with Gasteiger partial charge in [0.25, 0.3) is 0 Å². The fraction of sp³-hybridized carbons (Fsp3) is 0.588. The molecule has 0 bridgehead atoms. The Morgan fingerprint density at radius 1 is 1.11 bits per heavy atom. The maximum Gasteiger partial charge on any atom is 0.137 e. The number of nitrogens with one attached hydrogen (secondary N) is 1. The van der Waals surface area contributed by atoms with Crippen molar-refractivity contribution in [1.82, 2.24) is 0 Å². The lowest BCUT2D eigenvalue weighted by Gasteiger charge is -2.27. The molecule has 0 spiro atoms. The Labute approximate surface area is 117 Å². The van der Waals surface area contributed by atoms with Gasteiger partial charge in [0.1, 0.15) is 5.78 Å². The third-order valence-corrected chi connectivity index (χ3v) is 3.94. The van der Waals surface area contributed by atoms with E-state index >= 15 is 0 Å². The van der Waals surface area contributed by atoms with Gasteiger partial charge in [0.15, 0.2) is 0 Å². The third kappa shape index (κ3) is 3.82.